The predicted octanol–water partition coefficient (Wildman–Crippen LogP) is 0.675. The minimum atomic E-state index is -0.408. The van der Waals surface area contributed by atoms with Crippen LogP contribution in [0.15, 0.2) is 0 Å². The summed E-state index contributed by atoms with van der Waals surface area (Å²) in [6.45, 7) is 4.53. The third-order valence-electron chi connectivity index (χ3n) is 1.83. The molecule has 0 saturated heterocycles. The minimum absolute atomic E-state index is 0.138. The molecule has 0 radical (unpaired) electrons. The molecule has 0 spiro atoms. The summed E-state index contributed by atoms with van der Waals surface area (Å²) in [6, 6.07) is -0.408. The minimum Gasteiger partial charge on any atom is -0.350 e. The second-order valence-electron chi connectivity index (χ2n) is 3.76. The lowest BCUT2D eigenvalue weighted by Crippen LogP contribution is -2.30. The summed E-state index contributed by atoms with van der Waals surface area (Å²) in [4.78, 5) is 22.8. The Hall–Kier alpha value is -1.70. The number of hydrogen-bond acceptors (Lipinski definition) is 5. The van der Waals surface area contributed by atoms with Crippen molar-refractivity contribution < 1.29 is 9.59 Å². The Bertz CT molecular complexity index is 404. The summed E-state index contributed by atoms with van der Waals surface area (Å²) in [5.74, 6) is 0.0137. The first-order chi connectivity index (χ1) is 8.04. The van der Waals surface area contributed by atoms with Crippen LogP contribution < -0.4 is 16.0 Å². The molecule has 0 bridgehead atoms. The van der Waals surface area contributed by atoms with Gasteiger partial charge in [-0.15, -0.1) is 5.10 Å². The van der Waals surface area contributed by atoms with E-state index in [2.05, 4.69) is 25.5 Å². The molecule has 0 saturated carbocycles. The van der Waals surface area contributed by atoms with Gasteiger partial charge in [-0.2, -0.15) is 0 Å². The van der Waals surface area contributed by atoms with Gasteiger partial charge in [0.25, 0.3) is 5.91 Å². The summed E-state index contributed by atoms with van der Waals surface area (Å²) in [6.07, 6.45) is 0. The monoisotopic (exact) mass is 257 g/mol. The number of hydrogen-bond donors (Lipinski definition) is 3. The standard InChI is InChI=1S/C9H15N5O2S/c1-5(2)4-11-7(15)6-8(17-14-13-6)12-9(16)10-3/h5H,4H2,1-3H3,(H,11,15)(H2,10,12,16). The van der Waals surface area contributed by atoms with Crippen LogP contribution in [0.3, 0.4) is 0 Å². The van der Waals surface area contributed by atoms with Crippen LogP contribution >= 0.6 is 11.5 Å². The maximum atomic E-state index is 11.7. The van der Waals surface area contributed by atoms with E-state index >= 15 is 0 Å². The van der Waals surface area contributed by atoms with Gasteiger partial charge in [0.1, 0.15) is 0 Å². The van der Waals surface area contributed by atoms with E-state index in [1.54, 1.807) is 0 Å². The molecular formula is C9H15N5O2S. The van der Waals surface area contributed by atoms with Crippen molar-refractivity contribution in [1.29, 1.82) is 0 Å². The zero-order valence-electron chi connectivity index (χ0n) is 9.90. The molecular weight excluding hydrogens is 242 g/mol. The smallest absolute Gasteiger partial charge is 0.319 e. The molecule has 0 fully saturated rings. The molecule has 0 aliphatic heterocycles. The van der Waals surface area contributed by atoms with Gasteiger partial charge in [-0.3, -0.25) is 10.1 Å². The van der Waals surface area contributed by atoms with Crippen LogP contribution in [-0.4, -0.2) is 35.1 Å². The number of rotatable bonds is 4. The first kappa shape index (κ1) is 13.4. The lowest BCUT2D eigenvalue weighted by atomic mass is 10.2. The number of nitrogens with zero attached hydrogens (tertiary/aromatic N) is 2. The first-order valence-corrected chi connectivity index (χ1v) is 5.91. The third-order valence-corrected chi connectivity index (χ3v) is 2.47. The molecule has 1 aromatic heterocycles. The van der Waals surface area contributed by atoms with Crippen LogP contribution in [0.25, 0.3) is 0 Å². The van der Waals surface area contributed by atoms with Crippen LogP contribution in [0.4, 0.5) is 9.80 Å². The van der Waals surface area contributed by atoms with E-state index in [1.807, 2.05) is 13.8 Å². The molecule has 17 heavy (non-hydrogen) atoms. The number of nitrogens with one attached hydrogen (secondary N) is 3. The fraction of sp³-hybridized carbons (Fsp3) is 0.556. The molecule has 3 N–H and O–H groups in total. The van der Waals surface area contributed by atoms with Crippen molar-refractivity contribution in [2.45, 2.75) is 13.8 Å². The number of urea groups is 1. The van der Waals surface area contributed by atoms with Gasteiger partial charge < -0.3 is 10.6 Å². The average Bonchev–Trinajstić information content (AvgIpc) is 2.73. The van der Waals surface area contributed by atoms with E-state index in [9.17, 15) is 9.59 Å². The molecule has 8 heteroatoms. The Morgan fingerprint density at radius 1 is 1.41 bits per heavy atom. The van der Waals surface area contributed by atoms with Crippen molar-refractivity contribution in [3.63, 3.8) is 0 Å². The highest BCUT2D eigenvalue weighted by atomic mass is 32.1. The Morgan fingerprint density at radius 3 is 2.71 bits per heavy atom. The highest BCUT2D eigenvalue weighted by molar-refractivity contribution is 7.10. The molecule has 7 nitrogen and oxygen atoms in total. The molecule has 1 aromatic rings. The highest BCUT2D eigenvalue weighted by Gasteiger charge is 2.17. The van der Waals surface area contributed by atoms with Crippen molar-refractivity contribution in [3.8, 4) is 0 Å². The van der Waals surface area contributed by atoms with Crippen LogP contribution in [0.5, 0.6) is 0 Å². The molecule has 0 unspecified atom stereocenters. The van der Waals surface area contributed by atoms with E-state index < -0.39 is 6.03 Å². The Kier molecular flexibility index (Phi) is 4.83. The summed E-state index contributed by atoms with van der Waals surface area (Å²) in [7, 11) is 1.49. The van der Waals surface area contributed by atoms with Crippen LogP contribution in [0, 0.1) is 5.92 Å². The summed E-state index contributed by atoms with van der Waals surface area (Å²) in [5.41, 5.74) is 0.138. The molecule has 0 atom stereocenters. The third kappa shape index (κ3) is 3.99. The van der Waals surface area contributed by atoms with E-state index in [0.29, 0.717) is 17.5 Å². The number of carbonyl (C=O) groups excluding carboxylic acids is 2. The van der Waals surface area contributed by atoms with E-state index in [1.165, 1.54) is 7.05 Å². The largest absolute Gasteiger partial charge is 0.350 e. The quantitative estimate of drug-likeness (QED) is 0.739. The van der Waals surface area contributed by atoms with E-state index in [4.69, 9.17) is 0 Å². The number of amides is 3. The second-order valence-corrected chi connectivity index (χ2v) is 4.51. The molecule has 94 valence electrons. The van der Waals surface area contributed by atoms with Crippen molar-refractivity contribution >= 4 is 28.5 Å². The zero-order valence-corrected chi connectivity index (χ0v) is 10.7. The normalized spacial score (nSPS) is 10.1. The van der Waals surface area contributed by atoms with Crippen LogP contribution in [0.1, 0.15) is 24.3 Å². The Balaban J connectivity index is 2.67. The molecule has 3 amide bonds. The summed E-state index contributed by atoms with van der Waals surface area (Å²) in [5, 5.41) is 11.6. The van der Waals surface area contributed by atoms with E-state index in [-0.39, 0.29) is 11.6 Å². The lowest BCUT2D eigenvalue weighted by molar-refractivity contribution is 0.0945. The molecule has 0 aliphatic rings. The van der Waals surface area contributed by atoms with Gasteiger partial charge in [0.05, 0.1) is 0 Å². The van der Waals surface area contributed by atoms with Gasteiger partial charge in [0.15, 0.2) is 10.7 Å². The molecule has 1 heterocycles. The van der Waals surface area contributed by atoms with Crippen molar-refractivity contribution in [2.75, 3.05) is 18.9 Å². The van der Waals surface area contributed by atoms with Gasteiger partial charge in [0, 0.05) is 25.1 Å². The summed E-state index contributed by atoms with van der Waals surface area (Å²) < 4.78 is 3.65. The molecule has 0 aromatic carbocycles. The van der Waals surface area contributed by atoms with Crippen molar-refractivity contribution in [2.24, 2.45) is 5.92 Å². The van der Waals surface area contributed by atoms with Gasteiger partial charge >= 0.3 is 6.03 Å². The number of aromatic nitrogens is 2. The van der Waals surface area contributed by atoms with Crippen LogP contribution in [0.2, 0.25) is 0 Å². The predicted molar refractivity (Wildman–Crippen MR) is 65.2 cm³/mol. The molecule has 0 aliphatic carbocycles. The topological polar surface area (TPSA) is 96.0 Å². The van der Waals surface area contributed by atoms with Crippen molar-refractivity contribution in [3.05, 3.63) is 5.69 Å². The van der Waals surface area contributed by atoms with Gasteiger partial charge in [-0.25, -0.2) is 4.79 Å². The zero-order chi connectivity index (χ0) is 12.8. The summed E-state index contributed by atoms with van der Waals surface area (Å²) >= 11 is 0.962. The fourth-order valence-electron chi connectivity index (χ4n) is 0.967. The highest BCUT2D eigenvalue weighted by Crippen LogP contribution is 2.17. The average molecular weight is 257 g/mol. The SMILES string of the molecule is CNC(=O)Nc1snnc1C(=O)NCC(C)C. The Morgan fingerprint density at radius 2 is 2.12 bits per heavy atom. The van der Waals surface area contributed by atoms with Gasteiger partial charge in [0.2, 0.25) is 0 Å². The maximum absolute atomic E-state index is 11.7. The van der Waals surface area contributed by atoms with E-state index in [0.717, 1.165) is 11.5 Å². The van der Waals surface area contributed by atoms with Crippen LogP contribution in [-0.2, 0) is 0 Å². The fourth-order valence-corrected chi connectivity index (χ4v) is 1.53. The number of anilines is 1. The Labute approximate surface area is 103 Å². The maximum Gasteiger partial charge on any atom is 0.319 e. The number of carbonyl (C=O) groups is 2. The first-order valence-electron chi connectivity index (χ1n) is 5.14. The van der Waals surface area contributed by atoms with Gasteiger partial charge in [-0.05, 0) is 5.92 Å². The molecule has 1 rings (SSSR count). The lowest BCUT2D eigenvalue weighted by Gasteiger charge is -2.07. The van der Waals surface area contributed by atoms with Crippen molar-refractivity contribution in [1.82, 2.24) is 20.2 Å². The second kappa shape index (κ2) is 6.14. The van der Waals surface area contributed by atoms with Gasteiger partial charge in [-0.1, -0.05) is 18.3 Å².